The smallest absolute Gasteiger partial charge is 0.170 e. The van der Waals surface area contributed by atoms with Gasteiger partial charge in [0.15, 0.2) is 16.7 Å². The Labute approximate surface area is 133 Å². The molecule has 0 bridgehead atoms. The lowest BCUT2D eigenvalue weighted by Crippen LogP contribution is -2.30. The largest absolute Gasteiger partial charge is 0.497 e. The first-order chi connectivity index (χ1) is 10.6. The van der Waals surface area contributed by atoms with Crippen molar-refractivity contribution in [2.45, 2.75) is 6.42 Å². The second-order valence-electron chi connectivity index (χ2n) is 4.61. The molecular weight excluding hydrogens is 306 g/mol. The van der Waals surface area contributed by atoms with E-state index in [9.17, 15) is 8.78 Å². The maximum Gasteiger partial charge on any atom is 0.170 e. The van der Waals surface area contributed by atoms with Crippen LogP contribution in [0.2, 0.25) is 0 Å². The summed E-state index contributed by atoms with van der Waals surface area (Å²) in [5.41, 5.74) is 1.55. The zero-order chi connectivity index (χ0) is 15.9. The van der Waals surface area contributed by atoms with Gasteiger partial charge in [0.05, 0.1) is 7.11 Å². The molecule has 2 aromatic rings. The average Bonchev–Trinajstić information content (AvgIpc) is 2.51. The molecule has 6 heteroatoms. The summed E-state index contributed by atoms with van der Waals surface area (Å²) in [4.78, 5) is 0. The molecule has 116 valence electrons. The van der Waals surface area contributed by atoms with E-state index < -0.39 is 11.6 Å². The van der Waals surface area contributed by atoms with Crippen LogP contribution in [0, 0.1) is 11.6 Å². The summed E-state index contributed by atoms with van der Waals surface area (Å²) in [6.45, 7) is 0.627. The lowest BCUT2D eigenvalue weighted by Gasteiger charge is -2.11. The molecule has 0 atom stereocenters. The van der Waals surface area contributed by atoms with Crippen molar-refractivity contribution in [1.82, 2.24) is 5.32 Å². The van der Waals surface area contributed by atoms with Crippen molar-refractivity contribution in [2.75, 3.05) is 19.0 Å². The van der Waals surface area contributed by atoms with Gasteiger partial charge in [0, 0.05) is 18.3 Å². The summed E-state index contributed by atoms with van der Waals surface area (Å²) in [6, 6.07) is 11.3. The van der Waals surface area contributed by atoms with Gasteiger partial charge in [-0.3, -0.25) is 0 Å². The van der Waals surface area contributed by atoms with Crippen LogP contribution in [0.4, 0.5) is 14.5 Å². The molecule has 0 amide bonds. The molecule has 2 aromatic carbocycles. The van der Waals surface area contributed by atoms with Crippen molar-refractivity contribution < 1.29 is 13.5 Å². The minimum Gasteiger partial charge on any atom is -0.497 e. The minimum atomic E-state index is -0.911. The average molecular weight is 322 g/mol. The third-order valence-electron chi connectivity index (χ3n) is 3.04. The van der Waals surface area contributed by atoms with Crippen LogP contribution < -0.4 is 15.4 Å². The van der Waals surface area contributed by atoms with Crippen LogP contribution in [0.5, 0.6) is 5.75 Å². The van der Waals surface area contributed by atoms with E-state index in [1.807, 2.05) is 24.3 Å². The minimum absolute atomic E-state index is 0.361. The summed E-state index contributed by atoms with van der Waals surface area (Å²) < 4.78 is 31.0. The van der Waals surface area contributed by atoms with Crippen molar-refractivity contribution in [3.05, 3.63) is 59.7 Å². The number of ether oxygens (including phenoxy) is 1. The molecule has 2 N–H and O–H groups in total. The summed E-state index contributed by atoms with van der Waals surface area (Å²) in [5.74, 6) is -0.984. The zero-order valence-electron chi connectivity index (χ0n) is 12.0. The number of nitrogens with one attached hydrogen (secondary N) is 2. The van der Waals surface area contributed by atoms with Crippen LogP contribution in [-0.2, 0) is 6.42 Å². The summed E-state index contributed by atoms with van der Waals surface area (Å²) in [7, 11) is 1.62. The zero-order valence-corrected chi connectivity index (χ0v) is 12.8. The Morgan fingerprint density at radius 3 is 2.45 bits per heavy atom. The number of hydrogen-bond donors (Lipinski definition) is 2. The van der Waals surface area contributed by atoms with Crippen molar-refractivity contribution in [3.63, 3.8) is 0 Å². The predicted octanol–water partition coefficient (Wildman–Crippen LogP) is 3.50. The fraction of sp³-hybridized carbons (Fsp3) is 0.188. The molecule has 22 heavy (non-hydrogen) atoms. The maximum absolute atomic E-state index is 13.1. The first-order valence-corrected chi connectivity index (χ1v) is 7.12. The molecule has 0 radical (unpaired) electrons. The number of anilines is 1. The molecule has 2 rings (SSSR count). The molecule has 0 saturated carbocycles. The third-order valence-corrected chi connectivity index (χ3v) is 3.28. The van der Waals surface area contributed by atoms with Crippen molar-refractivity contribution in [3.8, 4) is 5.75 Å². The van der Waals surface area contributed by atoms with Gasteiger partial charge in [-0.15, -0.1) is 0 Å². The van der Waals surface area contributed by atoms with Gasteiger partial charge in [-0.05, 0) is 48.5 Å². The van der Waals surface area contributed by atoms with Crippen LogP contribution in [0.25, 0.3) is 0 Å². The predicted molar refractivity (Wildman–Crippen MR) is 87.3 cm³/mol. The summed E-state index contributed by atoms with van der Waals surface area (Å²) in [5, 5.41) is 6.18. The van der Waals surface area contributed by atoms with Gasteiger partial charge in [0.2, 0.25) is 0 Å². The van der Waals surface area contributed by atoms with E-state index in [1.165, 1.54) is 6.07 Å². The number of thiocarbonyl (C=S) groups is 1. The number of methoxy groups -OCH3 is 1. The number of halogens is 2. The SMILES string of the molecule is COc1ccc(CCNC(=S)Nc2ccc(F)c(F)c2)cc1. The molecule has 0 aliphatic carbocycles. The van der Waals surface area contributed by atoms with Crippen molar-refractivity contribution >= 4 is 23.0 Å². The standard InChI is InChI=1S/C16H16F2N2OS/c1-21-13-5-2-11(3-6-13)8-9-19-16(22)20-12-4-7-14(17)15(18)10-12/h2-7,10H,8-9H2,1H3,(H2,19,20,22). The van der Waals surface area contributed by atoms with Crippen LogP contribution in [0.1, 0.15) is 5.56 Å². The first-order valence-electron chi connectivity index (χ1n) is 6.71. The molecule has 0 saturated heterocycles. The van der Waals surface area contributed by atoms with Crippen LogP contribution in [-0.4, -0.2) is 18.8 Å². The molecule has 0 fully saturated rings. The Morgan fingerprint density at radius 2 is 1.82 bits per heavy atom. The van der Waals surface area contributed by atoms with Crippen molar-refractivity contribution in [2.24, 2.45) is 0 Å². The topological polar surface area (TPSA) is 33.3 Å². The number of benzene rings is 2. The van der Waals surface area contributed by atoms with E-state index >= 15 is 0 Å². The quantitative estimate of drug-likeness (QED) is 0.826. The molecule has 0 heterocycles. The van der Waals surface area contributed by atoms with E-state index in [2.05, 4.69) is 10.6 Å². The second kappa shape index (κ2) is 7.70. The maximum atomic E-state index is 13.1. The third kappa shape index (κ3) is 4.66. The highest BCUT2D eigenvalue weighted by atomic mass is 32.1. The Hall–Kier alpha value is -2.21. The van der Waals surface area contributed by atoms with Crippen LogP contribution in [0.3, 0.4) is 0 Å². The number of hydrogen-bond acceptors (Lipinski definition) is 2. The van der Waals surface area contributed by atoms with Gasteiger partial charge in [-0.25, -0.2) is 8.78 Å². The van der Waals surface area contributed by atoms with E-state index in [0.29, 0.717) is 17.3 Å². The van der Waals surface area contributed by atoms with Gasteiger partial charge in [0.25, 0.3) is 0 Å². The Balaban J connectivity index is 1.78. The monoisotopic (exact) mass is 322 g/mol. The summed E-state index contributed by atoms with van der Waals surface area (Å²) in [6.07, 6.45) is 0.781. The molecule has 3 nitrogen and oxygen atoms in total. The van der Waals surface area contributed by atoms with Gasteiger partial charge in [0.1, 0.15) is 5.75 Å². The normalized spacial score (nSPS) is 10.1. The Bertz CT molecular complexity index is 647. The fourth-order valence-corrected chi connectivity index (χ4v) is 2.08. The lowest BCUT2D eigenvalue weighted by atomic mass is 10.1. The molecule has 0 aromatic heterocycles. The second-order valence-corrected chi connectivity index (χ2v) is 5.02. The van der Waals surface area contributed by atoms with Crippen LogP contribution >= 0.6 is 12.2 Å². The molecule has 0 aliphatic rings. The van der Waals surface area contributed by atoms with Crippen LogP contribution in [0.15, 0.2) is 42.5 Å². The molecule has 0 unspecified atom stereocenters. The highest BCUT2D eigenvalue weighted by Crippen LogP contribution is 2.13. The number of rotatable bonds is 5. The van der Waals surface area contributed by atoms with E-state index in [1.54, 1.807) is 7.11 Å². The first kappa shape index (κ1) is 16.2. The highest BCUT2D eigenvalue weighted by Gasteiger charge is 2.04. The van der Waals surface area contributed by atoms with Gasteiger partial charge >= 0.3 is 0 Å². The van der Waals surface area contributed by atoms with Gasteiger partial charge < -0.3 is 15.4 Å². The van der Waals surface area contributed by atoms with E-state index in [4.69, 9.17) is 17.0 Å². The van der Waals surface area contributed by atoms with E-state index in [-0.39, 0.29) is 0 Å². The van der Waals surface area contributed by atoms with E-state index in [0.717, 1.165) is 29.9 Å². The van der Waals surface area contributed by atoms with Gasteiger partial charge in [-0.2, -0.15) is 0 Å². The summed E-state index contributed by atoms with van der Waals surface area (Å²) >= 11 is 5.11. The molecule has 0 spiro atoms. The molecular formula is C16H16F2N2OS. The Morgan fingerprint density at radius 1 is 1.09 bits per heavy atom. The lowest BCUT2D eigenvalue weighted by molar-refractivity contribution is 0.414. The highest BCUT2D eigenvalue weighted by molar-refractivity contribution is 7.80. The fourth-order valence-electron chi connectivity index (χ4n) is 1.86. The Kier molecular flexibility index (Phi) is 5.66. The molecule has 0 aliphatic heterocycles. The van der Waals surface area contributed by atoms with Gasteiger partial charge in [-0.1, -0.05) is 12.1 Å². The van der Waals surface area contributed by atoms with Crippen molar-refractivity contribution in [1.29, 1.82) is 0 Å².